The molecule has 1 aliphatic rings. The van der Waals surface area contributed by atoms with Gasteiger partial charge in [-0.2, -0.15) is 0 Å². The smallest absolute Gasteiger partial charge is 0.387 e. The Kier molecular flexibility index (Phi) is 5.70. The standard InChI is InChI=1S/C17H14ClF4N5O4/c18-7-1-2-9(8(19)3-7)26-14-11-15(24-5-23-14)27(6-25-11)16-13(29)12(28)10(31-16)4-30-17(20,21)22/h1-3,5-6,10,12-13,16,28-29H,4H2,(H,23,24,26)/t10-,12?,13?,16-/m1/s1. The molecule has 2 unspecified atom stereocenters. The lowest BCUT2D eigenvalue weighted by Gasteiger charge is -2.17. The maximum atomic E-state index is 14.1. The van der Waals surface area contributed by atoms with E-state index in [9.17, 15) is 27.8 Å². The number of hydrogen-bond donors (Lipinski definition) is 3. The molecule has 0 saturated carbocycles. The molecule has 3 N–H and O–H groups in total. The van der Waals surface area contributed by atoms with Crippen molar-refractivity contribution in [3.05, 3.63) is 41.7 Å². The molecule has 31 heavy (non-hydrogen) atoms. The van der Waals surface area contributed by atoms with E-state index in [1.54, 1.807) is 0 Å². The van der Waals surface area contributed by atoms with Crippen molar-refractivity contribution in [2.24, 2.45) is 0 Å². The summed E-state index contributed by atoms with van der Waals surface area (Å²) in [6, 6.07) is 3.97. The summed E-state index contributed by atoms with van der Waals surface area (Å²) in [7, 11) is 0. The lowest BCUT2D eigenvalue weighted by atomic mass is 10.1. The summed E-state index contributed by atoms with van der Waals surface area (Å²) in [5, 5.41) is 23.3. The van der Waals surface area contributed by atoms with E-state index in [1.165, 1.54) is 23.0 Å². The second kappa shape index (κ2) is 8.16. The van der Waals surface area contributed by atoms with Crippen LogP contribution in [0.1, 0.15) is 6.23 Å². The average molecular weight is 464 g/mol. The topological polar surface area (TPSA) is 115 Å². The zero-order chi connectivity index (χ0) is 22.3. The first kappa shape index (κ1) is 21.6. The number of aromatic nitrogens is 4. The predicted octanol–water partition coefficient (Wildman–Crippen LogP) is 2.52. The van der Waals surface area contributed by atoms with Crippen LogP contribution in [0, 0.1) is 5.82 Å². The number of ether oxygens (including phenoxy) is 2. The Morgan fingerprint density at radius 2 is 1.97 bits per heavy atom. The molecule has 0 radical (unpaired) electrons. The SMILES string of the molecule is OC1C(O)[C@@H](COC(F)(F)F)O[C@H]1n1cnc2c(Nc3ccc(Cl)cc3F)ncnc21. The van der Waals surface area contributed by atoms with Crippen molar-refractivity contribution < 1.29 is 37.2 Å². The molecule has 3 aromatic rings. The molecule has 166 valence electrons. The molecule has 14 heteroatoms. The van der Waals surface area contributed by atoms with Gasteiger partial charge >= 0.3 is 6.36 Å². The van der Waals surface area contributed by atoms with Crippen LogP contribution in [0.25, 0.3) is 11.2 Å². The highest BCUT2D eigenvalue weighted by Crippen LogP contribution is 2.34. The first-order chi connectivity index (χ1) is 14.6. The van der Waals surface area contributed by atoms with E-state index >= 15 is 0 Å². The third-order valence-electron chi connectivity index (χ3n) is 4.57. The largest absolute Gasteiger partial charge is 0.522 e. The third-order valence-corrected chi connectivity index (χ3v) is 4.80. The number of aliphatic hydroxyl groups is 2. The summed E-state index contributed by atoms with van der Waals surface area (Å²) >= 11 is 5.74. The summed E-state index contributed by atoms with van der Waals surface area (Å²) in [6.45, 7) is -1.01. The minimum absolute atomic E-state index is 0.0656. The molecule has 0 bridgehead atoms. The van der Waals surface area contributed by atoms with Gasteiger partial charge in [-0.3, -0.25) is 9.30 Å². The molecule has 4 atom stereocenters. The van der Waals surface area contributed by atoms with Gasteiger partial charge in [0.2, 0.25) is 0 Å². The Morgan fingerprint density at radius 1 is 1.19 bits per heavy atom. The maximum Gasteiger partial charge on any atom is 0.522 e. The first-order valence-electron chi connectivity index (χ1n) is 8.76. The minimum Gasteiger partial charge on any atom is -0.387 e. The number of alkyl halides is 3. The second-order valence-electron chi connectivity index (χ2n) is 6.60. The average Bonchev–Trinajstić information content (AvgIpc) is 3.24. The number of nitrogens with one attached hydrogen (secondary N) is 1. The zero-order valence-corrected chi connectivity index (χ0v) is 16.0. The molecule has 0 amide bonds. The van der Waals surface area contributed by atoms with Crippen LogP contribution >= 0.6 is 11.6 Å². The number of hydrogen-bond acceptors (Lipinski definition) is 8. The number of nitrogens with zero attached hydrogens (tertiary/aromatic N) is 4. The quantitative estimate of drug-likeness (QED) is 0.495. The van der Waals surface area contributed by atoms with Crippen molar-refractivity contribution >= 4 is 34.3 Å². The van der Waals surface area contributed by atoms with Gasteiger partial charge in [0.15, 0.2) is 23.2 Å². The number of anilines is 2. The molecule has 3 heterocycles. The first-order valence-corrected chi connectivity index (χ1v) is 9.14. The number of fused-ring (bicyclic) bond motifs is 1. The Balaban J connectivity index is 1.60. The molecule has 0 spiro atoms. The van der Waals surface area contributed by atoms with Gasteiger partial charge in [-0.15, -0.1) is 13.2 Å². The Labute approximate surface area is 176 Å². The van der Waals surface area contributed by atoms with Crippen LogP contribution in [0.15, 0.2) is 30.9 Å². The van der Waals surface area contributed by atoms with Crippen LogP contribution in [-0.4, -0.2) is 61.0 Å². The van der Waals surface area contributed by atoms with Gasteiger partial charge in [0.05, 0.1) is 18.6 Å². The number of halogens is 5. The highest BCUT2D eigenvalue weighted by Gasteiger charge is 2.46. The van der Waals surface area contributed by atoms with E-state index in [2.05, 4.69) is 25.0 Å². The van der Waals surface area contributed by atoms with Gasteiger partial charge < -0.3 is 20.3 Å². The van der Waals surface area contributed by atoms with Gasteiger partial charge in [-0.25, -0.2) is 19.3 Å². The fourth-order valence-electron chi connectivity index (χ4n) is 3.12. The van der Waals surface area contributed by atoms with Crippen molar-refractivity contribution in [3.63, 3.8) is 0 Å². The molecule has 9 nitrogen and oxygen atoms in total. The van der Waals surface area contributed by atoms with E-state index in [1.807, 2.05) is 0 Å². The Hall–Kier alpha value is -2.58. The molecule has 1 aromatic carbocycles. The molecular weight excluding hydrogens is 450 g/mol. The zero-order valence-electron chi connectivity index (χ0n) is 15.3. The third kappa shape index (κ3) is 4.41. The van der Waals surface area contributed by atoms with Crippen LogP contribution in [0.2, 0.25) is 5.02 Å². The number of rotatable bonds is 5. The van der Waals surface area contributed by atoms with Gasteiger partial charge in [-0.05, 0) is 18.2 Å². The fourth-order valence-corrected chi connectivity index (χ4v) is 3.28. The molecule has 1 aliphatic heterocycles. The summed E-state index contributed by atoms with van der Waals surface area (Å²) in [4.78, 5) is 12.2. The molecular formula is C17H14ClF4N5O4. The van der Waals surface area contributed by atoms with Crippen LogP contribution in [-0.2, 0) is 9.47 Å². The second-order valence-corrected chi connectivity index (χ2v) is 7.03. The van der Waals surface area contributed by atoms with Gasteiger partial charge in [0.1, 0.15) is 30.5 Å². The van der Waals surface area contributed by atoms with E-state index in [0.717, 1.165) is 12.4 Å². The Morgan fingerprint density at radius 3 is 2.68 bits per heavy atom. The normalized spacial score (nSPS) is 24.1. The van der Waals surface area contributed by atoms with Crippen molar-refractivity contribution in [3.8, 4) is 0 Å². The fraction of sp³-hybridized carbons (Fsp3) is 0.353. The van der Waals surface area contributed by atoms with E-state index in [4.69, 9.17) is 16.3 Å². The van der Waals surface area contributed by atoms with Crippen molar-refractivity contribution in [2.75, 3.05) is 11.9 Å². The van der Waals surface area contributed by atoms with Crippen LogP contribution < -0.4 is 5.32 Å². The van der Waals surface area contributed by atoms with Crippen molar-refractivity contribution in [1.82, 2.24) is 19.5 Å². The summed E-state index contributed by atoms with van der Waals surface area (Å²) < 4.78 is 61.2. The highest BCUT2D eigenvalue weighted by atomic mass is 35.5. The van der Waals surface area contributed by atoms with Crippen LogP contribution in [0.4, 0.5) is 29.1 Å². The lowest BCUT2D eigenvalue weighted by molar-refractivity contribution is -0.333. The summed E-state index contributed by atoms with van der Waals surface area (Å²) in [6.07, 6.45) is -8.54. The van der Waals surface area contributed by atoms with Crippen LogP contribution in [0.5, 0.6) is 0 Å². The van der Waals surface area contributed by atoms with E-state index in [-0.39, 0.29) is 27.7 Å². The Bertz CT molecular complexity index is 1100. The molecule has 1 fully saturated rings. The monoisotopic (exact) mass is 463 g/mol. The highest BCUT2D eigenvalue weighted by molar-refractivity contribution is 6.30. The van der Waals surface area contributed by atoms with Gasteiger partial charge in [0, 0.05) is 5.02 Å². The number of aliphatic hydroxyl groups excluding tert-OH is 2. The number of benzene rings is 1. The molecule has 1 saturated heterocycles. The summed E-state index contributed by atoms with van der Waals surface area (Å²) in [5.41, 5.74) is 0.355. The van der Waals surface area contributed by atoms with Gasteiger partial charge in [-0.1, -0.05) is 11.6 Å². The minimum atomic E-state index is -4.92. The van der Waals surface area contributed by atoms with Gasteiger partial charge in [0.25, 0.3) is 0 Å². The maximum absolute atomic E-state index is 14.1. The predicted molar refractivity (Wildman–Crippen MR) is 97.9 cm³/mol. The summed E-state index contributed by atoms with van der Waals surface area (Å²) in [5.74, 6) is -0.515. The van der Waals surface area contributed by atoms with Crippen molar-refractivity contribution in [2.45, 2.75) is 30.9 Å². The van der Waals surface area contributed by atoms with E-state index < -0.39 is 43.3 Å². The molecule has 4 rings (SSSR count). The molecule has 0 aliphatic carbocycles. The van der Waals surface area contributed by atoms with Crippen LogP contribution in [0.3, 0.4) is 0 Å². The van der Waals surface area contributed by atoms with Crippen molar-refractivity contribution in [1.29, 1.82) is 0 Å². The van der Waals surface area contributed by atoms with E-state index in [0.29, 0.717) is 0 Å². The lowest BCUT2D eigenvalue weighted by Crippen LogP contribution is -2.35. The molecule has 2 aromatic heterocycles. The number of imidazole rings is 1.